The molecule has 1 saturated heterocycles. The first kappa shape index (κ1) is 22.1. The first-order valence-corrected chi connectivity index (χ1v) is 10.2. The van der Waals surface area contributed by atoms with Crippen molar-refractivity contribution in [3.63, 3.8) is 0 Å². The Balaban J connectivity index is 1.48. The number of nitrogens with zero attached hydrogens (tertiary/aromatic N) is 1. The fourth-order valence-corrected chi connectivity index (χ4v) is 3.46. The molecule has 2 aromatic rings. The minimum absolute atomic E-state index is 0.0772. The smallest absolute Gasteiger partial charge is 0.276 e. The van der Waals surface area contributed by atoms with Crippen LogP contribution < -0.4 is 25.2 Å². The maximum absolute atomic E-state index is 12.4. The second-order valence-corrected chi connectivity index (χ2v) is 7.38. The number of hydrazine groups is 1. The van der Waals surface area contributed by atoms with Crippen molar-refractivity contribution in [2.24, 2.45) is 5.92 Å². The zero-order valence-electron chi connectivity index (χ0n) is 17.9. The third-order valence-electron chi connectivity index (χ3n) is 5.04. The number of ether oxygens (including phenoxy) is 2. The molecule has 3 amide bonds. The standard InChI is InChI=1S/C23H27N3O5/c1-4-30-19-10-8-18(9-11-19)26-13-17(12-21(26)28)23(29)25-24-20(27)14-31-22-15(2)6-5-7-16(22)3/h5-11,17H,4,12-14H2,1-3H3,(H,24,27)(H,25,29)/t17-/m1/s1. The van der Waals surface area contributed by atoms with Crippen LogP contribution in [0.2, 0.25) is 0 Å². The van der Waals surface area contributed by atoms with E-state index in [-0.39, 0.29) is 25.5 Å². The molecular formula is C23H27N3O5. The monoisotopic (exact) mass is 425 g/mol. The Hall–Kier alpha value is -3.55. The van der Waals surface area contributed by atoms with E-state index in [2.05, 4.69) is 10.9 Å². The maximum atomic E-state index is 12.4. The molecule has 2 aromatic carbocycles. The van der Waals surface area contributed by atoms with Gasteiger partial charge in [0.25, 0.3) is 5.91 Å². The zero-order chi connectivity index (χ0) is 22.4. The molecule has 0 aliphatic carbocycles. The number of nitrogens with one attached hydrogen (secondary N) is 2. The lowest BCUT2D eigenvalue weighted by molar-refractivity contribution is -0.132. The van der Waals surface area contributed by atoms with Gasteiger partial charge in [-0.1, -0.05) is 18.2 Å². The number of para-hydroxylation sites is 1. The second-order valence-electron chi connectivity index (χ2n) is 7.38. The summed E-state index contributed by atoms with van der Waals surface area (Å²) in [4.78, 5) is 38.4. The van der Waals surface area contributed by atoms with Gasteiger partial charge in [-0.2, -0.15) is 0 Å². The van der Waals surface area contributed by atoms with Crippen molar-refractivity contribution in [1.29, 1.82) is 0 Å². The van der Waals surface area contributed by atoms with Gasteiger partial charge in [-0.15, -0.1) is 0 Å². The van der Waals surface area contributed by atoms with E-state index in [0.29, 0.717) is 18.0 Å². The predicted octanol–water partition coefficient (Wildman–Crippen LogP) is 2.28. The van der Waals surface area contributed by atoms with Gasteiger partial charge in [-0.25, -0.2) is 0 Å². The average Bonchev–Trinajstić information content (AvgIpc) is 3.14. The summed E-state index contributed by atoms with van der Waals surface area (Å²) in [5.74, 6) is -0.229. The molecule has 2 N–H and O–H groups in total. The molecule has 0 unspecified atom stereocenters. The van der Waals surface area contributed by atoms with Gasteiger partial charge in [0.1, 0.15) is 11.5 Å². The van der Waals surface area contributed by atoms with Crippen molar-refractivity contribution in [2.45, 2.75) is 27.2 Å². The zero-order valence-corrected chi connectivity index (χ0v) is 17.9. The number of carbonyl (C=O) groups is 3. The highest BCUT2D eigenvalue weighted by Gasteiger charge is 2.35. The quantitative estimate of drug-likeness (QED) is 0.664. The first-order valence-electron chi connectivity index (χ1n) is 10.2. The van der Waals surface area contributed by atoms with E-state index in [1.807, 2.05) is 39.0 Å². The molecule has 1 aliphatic rings. The van der Waals surface area contributed by atoms with E-state index in [0.717, 1.165) is 16.9 Å². The van der Waals surface area contributed by atoms with Crippen LogP contribution in [0.15, 0.2) is 42.5 Å². The molecule has 3 rings (SSSR count). The highest BCUT2D eigenvalue weighted by molar-refractivity contribution is 6.00. The summed E-state index contributed by atoms with van der Waals surface area (Å²) in [7, 11) is 0. The minimum Gasteiger partial charge on any atom is -0.494 e. The van der Waals surface area contributed by atoms with Crippen molar-refractivity contribution in [1.82, 2.24) is 10.9 Å². The second kappa shape index (κ2) is 9.97. The summed E-state index contributed by atoms with van der Waals surface area (Å²) in [6.45, 7) is 6.27. The predicted molar refractivity (Wildman–Crippen MR) is 116 cm³/mol. The molecule has 1 atom stereocenters. The highest BCUT2D eigenvalue weighted by Crippen LogP contribution is 2.27. The molecule has 1 aliphatic heterocycles. The first-order chi connectivity index (χ1) is 14.9. The molecule has 0 aromatic heterocycles. The number of rotatable bonds is 7. The van der Waals surface area contributed by atoms with Gasteiger partial charge in [-0.3, -0.25) is 25.2 Å². The van der Waals surface area contributed by atoms with Crippen molar-refractivity contribution in [2.75, 3.05) is 24.7 Å². The number of carbonyl (C=O) groups excluding carboxylic acids is 3. The Labute approximate surface area is 181 Å². The molecule has 31 heavy (non-hydrogen) atoms. The molecule has 8 heteroatoms. The van der Waals surface area contributed by atoms with Gasteiger partial charge in [0.2, 0.25) is 11.8 Å². The number of hydrogen-bond donors (Lipinski definition) is 2. The fourth-order valence-electron chi connectivity index (χ4n) is 3.46. The Morgan fingerprint density at radius 1 is 1.03 bits per heavy atom. The van der Waals surface area contributed by atoms with E-state index < -0.39 is 17.7 Å². The molecule has 8 nitrogen and oxygen atoms in total. The van der Waals surface area contributed by atoms with Crippen LogP contribution in [0.5, 0.6) is 11.5 Å². The van der Waals surface area contributed by atoms with E-state index in [9.17, 15) is 14.4 Å². The van der Waals surface area contributed by atoms with Crippen LogP contribution in [0.4, 0.5) is 5.69 Å². The molecule has 0 bridgehead atoms. The molecule has 164 valence electrons. The summed E-state index contributed by atoms with van der Waals surface area (Å²) < 4.78 is 11.0. The Kier molecular flexibility index (Phi) is 7.12. The topological polar surface area (TPSA) is 97.0 Å². The SMILES string of the molecule is CCOc1ccc(N2C[C@H](C(=O)NNC(=O)COc3c(C)cccc3C)CC2=O)cc1. The highest BCUT2D eigenvalue weighted by atomic mass is 16.5. The number of benzene rings is 2. The fraction of sp³-hybridized carbons (Fsp3) is 0.348. The van der Waals surface area contributed by atoms with E-state index in [1.54, 1.807) is 29.2 Å². The molecule has 0 saturated carbocycles. The van der Waals surface area contributed by atoms with Crippen LogP contribution in [-0.4, -0.2) is 37.5 Å². The normalized spacial score (nSPS) is 15.5. The van der Waals surface area contributed by atoms with Crippen molar-refractivity contribution in [3.05, 3.63) is 53.6 Å². The van der Waals surface area contributed by atoms with Crippen LogP contribution in [0, 0.1) is 19.8 Å². The Bertz CT molecular complexity index is 938. The van der Waals surface area contributed by atoms with Gasteiger partial charge < -0.3 is 14.4 Å². The Morgan fingerprint density at radius 3 is 2.35 bits per heavy atom. The molecular weight excluding hydrogens is 398 g/mol. The number of amides is 3. The van der Waals surface area contributed by atoms with Gasteiger partial charge in [-0.05, 0) is 56.2 Å². The summed E-state index contributed by atoms with van der Waals surface area (Å²) >= 11 is 0. The summed E-state index contributed by atoms with van der Waals surface area (Å²) in [5.41, 5.74) is 7.30. The largest absolute Gasteiger partial charge is 0.494 e. The minimum atomic E-state index is -0.557. The van der Waals surface area contributed by atoms with Crippen LogP contribution >= 0.6 is 0 Å². The number of anilines is 1. The van der Waals surface area contributed by atoms with E-state index in [1.165, 1.54) is 0 Å². The Morgan fingerprint density at radius 2 is 1.71 bits per heavy atom. The summed E-state index contributed by atoms with van der Waals surface area (Å²) in [6.07, 6.45) is 0.0772. The third-order valence-corrected chi connectivity index (χ3v) is 5.04. The summed E-state index contributed by atoms with van der Waals surface area (Å²) in [5, 5.41) is 0. The van der Waals surface area contributed by atoms with Crippen molar-refractivity contribution >= 4 is 23.4 Å². The van der Waals surface area contributed by atoms with Crippen LogP contribution in [0.3, 0.4) is 0 Å². The molecule has 0 spiro atoms. The summed E-state index contributed by atoms with van der Waals surface area (Å²) in [6, 6.07) is 12.9. The van der Waals surface area contributed by atoms with Gasteiger partial charge >= 0.3 is 0 Å². The van der Waals surface area contributed by atoms with Crippen LogP contribution in [-0.2, 0) is 14.4 Å². The molecule has 1 fully saturated rings. The molecule has 1 heterocycles. The van der Waals surface area contributed by atoms with Gasteiger partial charge in [0.05, 0.1) is 12.5 Å². The number of aryl methyl sites for hydroxylation is 2. The third kappa shape index (κ3) is 5.53. The number of hydrogen-bond acceptors (Lipinski definition) is 5. The van der Waals surface area contributed by atoms with Crippen molar-refractivity contribution in [3.8, 4) is 11.5 Å². The van der Waals surface area contributed by atoms with E-state index >= 15 is 0 Å². The van der Waals surface area contributed by atoms with Gasteiger partial charge in [0.15, 0.2) is 6.61 Å². The van der Waals surface area contributed by atoms with E-state index in [4.69, 9.17) is 9.47 Å². The maximum Gasteiger partial charge on any atom is 0.276 e. The van der Waals surface area contributed by atoms with Crippen molar-refractivity contribution < 1.29 is 23.9 Å². The average molecular weight is 425 g/mol. The van der Waals surface area contributed by atoms with Crippen LogP contribution in [0.1, 0.15) is 24.5 Å². The van der Waals surface area contributed by atoms with Gasteiger partial charge in [0, 0.05) is 18.7 Å². The lowest BCUT2D eigenvalue weighted by atomic mass is 10.1. The molecule has 0 radical (unpaired) electrons. The lowest BCUT2D eigenvalue weighted by Gasteiger charge is -2.17. The van der Waals surface area contributed by atoms with Crippen LogP contribution in [0.25, 0.3) is 0 Å². The lowest BCUT2D eigenvalue weighted by Crippen LogP contribution is -2.46.